The molecular formula is C18H24FN3O4. The van der Waals surface area contributed by atoms with E-state index in [1.165, 1.54) is 19.2 Å². The number of carbonyl (C=O) groups is 3. The summed E-state index contributed by atoms with van der Waals surface area (Å²) in [5.41, 5.74) is 0.941. The summed E-state index contributed by atoms with van der Waals surface area (Å²) in [6, 6.07) is 6.32. The Balaban J connectivity index is 1.66. The van der Waals surface area contributed by atoms with Crippen LogP contribution in [0.15, 0.2) is 24.3 Å². The van der Waals surface area contributed by atoms with Crippen LogP contribution in [0.25, 0.3) is 0 Å². The van der Waals surface area contributed by atoms with Crippen LogP contribution in [0.1, 0.15) is 19.3 Å². The van der Waals surface area contributed by atoms with E-state index in [4.69, 9.17) is 0 Å². The number of carbonyl (C=O) groups excluding carboxylic acids is 3. The molecule has 7 nitrogen and oxygen atoms in total. The van der Waals surface area contributed by atoms with Crippen LogP contribution in [0.4, 0.5) is 10.1 Å². The maximum Gasteiger partial charge on any atom is 0.306 e. The van der Waals surface area contributed by atoms with Crippen LogP contribution in [0.5, 0.6) is 0 Å². The number of methoxy groups -OCH3 is 1. The number of nitrogens with one attached hydrogen (secondary N) is 1. The Labute approximate surface area is 152 Å². The third kappa shape index (κ3) is 6.02. The normalized spacial score (nSPS) is 14.1. The summed E-state index contributed by atoms with van der Waals surface area (Å²) in [6.45, 7) is 2.79. The van der Waals surface area contributed by atoms with Gasteiger partial charge in [-0.05, 0) is 24.3 Å². The van der Waals surface area contributed by atoms with Crippen LogP contribution >= 0.6 is 0 Å². The van der Waals surface area contributed by atoms with Gasteiger partial charge in [-0.3, -0.25) is 14.4 Å². The number of hydrogen-bond acceptors (Lipinski definition) is 5. The van der Waals surface area contributed by atoms with Gasteiger partial charge in [-0.1, -0.05) is 0 Å². The molecule has 1 fully saturated rings. The molecule has 0 bridgehead atoms. The first-order chi connectivity index (χ1) is 12.5. The van der Waals surface area contributed by atoms with Gasteiger partial charge in [-0.25, -0.2) is 4.39 Å². The van der Waals surface area contributed by atoms with Gasteiger partial charge >= 0.3 is 5.97 Å². The molecule has 26 heavy (non-hydrogen) atoms. The molecule has 0 saturated carbocycles. The largest absolute Gasteiger partial charge is 0.469 e. The molecular weight excluding hydrogens is 341 g/mol. The molecule has 0 atom stereocenters. The minimum absolute atomic E-state index is 0.0166. The van der Waals surface area contributed by atoms with Crippen LogP contribution in [0.3, 0.4) is 0 Å². The molecule has 1 aromatic rings. The molecule has 2 amide bonds. The zero-order chi connectivity index (χ0) is 18.9. The molecule has 0 aliphatic carbocycles. The van der Waals surface area contributed by atoms with Crippen molar-refractivity contribution in [1.82, 2.24) is 10.2 Å². The van der Waals surface area contributed by atoms with E-state index < -0.39 is 5.97 Å². The van der Waals surface area contributed by atoms with Crippen LogP contribution < -0.4 is 10.2 Å². The third-order valence-corrected chi connectivity index (χ3v) is 4.27. The lowest BCUT2D eigenvalue weighted by Gasteiger charge is -2.36. The van der Waals surface area contributed by atoms with Gasteiger partial charge in [-0.2, -0.15) is 0 Å². The van der Waals surface area contributed by atoms with Crippen molar-refractivity contribution < 1.29 is 23.5 Å². The highest BCUT2D eigenvalue weighted by Gasteiger charge is 2.21. The summed E-state index contributed by atoms with van der Waals surface area (Å²) in [5, 5.41) is 2.63. The first-order valence-corrected chi connectivity index (χ1v) is 8.61. The number of ether oxygens (including phenoxy) is 1. The second-order valence-electron chi connectivity index (χ2n) is 6.02. The Morgan fingerprint density at radius 2 is 1.69 bits per heavy atom. The number of rotatable bonds is 7. The smallest absolute Gasteiger partial charge is 0.306 e. The van der Waals surface area contributed by atoms with Crippen molar-refractivity contribution in [3.8, 4) is 0 Å². The average molecular weight is 365 g/mol. The maximum atomic E-state index is 13.0. The number of esters is 1. The first-order valence-electron chi connectivity index (χ1n) is 8.61. The fourth-order valence-corrected chi connectivity index (χ4v) is 2.74. The predicted octanol–water partition coefficient (Wildman–Crippen LogP) is 0.934. The Morgan fingerprint density at radius 1 is 1.04 bits per heavy atom. The number of piperazine rings is 1. The lowest BCUT2D eigenvalue weighted by atomic mass is 10.2. The van der Waals surface area contributed by atoms with Gasteiger partial charge in [0.1, 0.15) is 5.82 Å². The fourth-order valence-electron chi connectivity index (χ4n) is 2.74. The Morgan fingerprint density at radius 3 is 2.31 bits per heavy atom. The van der Waals surface area contributed by atoms with Crippen molar-refractivity contribution in [2.45, 2.75) is 19.3 Å². The molecule has 1 heterocycles. The molecule has 8 heteroatoms. The number of amides is 2. The molecule has 142 valence electrons. The van der Waals surface area contributed by atoms with E-state index in [1.807, 2.05) is 0 Å². The molecule has 0 unspecified atom stereocenters. The highest BCUT2D eigenvalue weighted by atomic mass is 19.1. The second kappa shape index (κ2) is 9.74. The van der Waals surface area contributed by atoms with Crippen molar-refractivity contribution in [2.75, 3.05) is 44.7 Å². The van der Waals surface area contributed by atoms with Gasteiger partial charge in [0, 0.05) is 51.3 Å². The lowest BCUT2D eigenvalue weighted by molar-refractivity contribution is -0.142. The van der Waals surface area contributed by atoms with Crippen LogP contribution in [0.2, 0.25) is 0 Å². The van der Waals surface area contributed by atoms with Gasteiger partial charge in [-0.15, -0.1) is 0 Å². The van der Waals surface area contributed by atoms with E-state index in [0.29, 0.717) is 26.2 Å². The van der Waals surface area contributed by atoms with Crippen molar-refractivity contribution in [2.24, 2.45) is 0 Å². The standard InChI is InChI=1S/C18H24FN3O4/c1-26-18(25)7-6-16(23)20-9-8-17(24)22-12-10-21(11-13-22)15-4-2-14(19)3-5-15/h2-5H,6-13H2,1H3,(H,20,23). The van der Waals surface area contributed by atoms with Gasteiger partial charge < -0.3 is 19.9 Å². The van der Waals surface area contributed by atoms with E-state index in [9.17, 15) is 18.8 Å². The number of nitrogens with zero attached hydrogens (tertiary/aromatic N) is 2. The number of halogens is 1. The molecule has 0 radical (unpaired) electrons. The highest BCUT2D eigenvalue weighted by molar-refractivity contribution is 5.82. The first kappa shape index (κ1) is 19.7. The van der Waals surface area contributed by atoms with Crippen molar-refractivity contribution >= 4 is 23.5 Å². The van der Waals surface area contributed by atoms with E-state index in [-0.39, 0.29) is 43.4 Å². The quantitative estimate of drug-likeness (QED) is 0.728. The van der Waals surface area contributed by atoms with Crippen molar-refractivity contribution in [3.63, 3.8) is 0 Å². The topological polar surface area (TPSA) is 78.9 Å². The van der Waals surface area contributed by atoms with Crippen LogP contribution in [-0.2, 0) is 19.1 Å². The van der Waals surface area contributed by atoms with Crippen molar-refractivity contribution in [3.05, 3.63) is 30.1 Å². The molecule has 1 N–H and O–H groups in total. The third-order valence-electron chi connectivity index (χ3n) is 4.27. The average Bonchev–Trinajstić information content (AvgIpc) is 2.66. The molecule has 0 spiro atoms. The van der Waals surface area contributed by atoms with Gasteiger partial charge in [0.05, 0.1) is 13.5 Å². The molecule has 2 rings (SSSR count). The second-order valence-corrected chi connectivity index (χ2v) is 6.02. The van der Waals surface area contributed by atoms with Gasteiger partial charge in [0.2, 0.25) is 11.8 Å². The number of hydrogen-bond donors (Lipinski definition) is 1. The molecule has 1 saturated heterocycles. The lowest BCUT2D eigenvalue weighted by Crippen LogP contribution is -2.49. The number of benzene rings is 1. The summed E-state index contributed by atoms with van der Waals surface area (Å²) in [4.78, 5) is 38.6. The summed E-state index contributed by atoms with van der Waals surface area (Å²) >= 11 is 0. The van der Waals surface area contributed by atoms with Crippen LogP contribution in [-0.4, -0.2) is 62.5 Å². The van der Waals surface area contributed by atoms with Crippen LogP contribution in [0, 0.1) is 5.82 Å². The number of anilines is 1. The minimum atomic E-state index is -0.435. The van der Waals surface area contributed by atoms with Gasteiger partial charge in [0.15, 0.2) is 0 Å². The fraction of sp³-hybridized carbons (Fsp3) is 0.500. The predicted molar refractivity (Wildman–Crippen MR) is 94.1 cm³/mol. The SMILES string of the molecule is COC(=O)CCC(=O)NCCC(=O)N1CCN(c2ccc(F)cc2)CC1. The summed E-state index contributed by atoms with van der Waals surface area (Å²) in [5.74, 6) is -0.993. The van der Waals surface area contributed by atoms with E-state index in [1.54, 1.807) is 17.0 Å². The Bertz CT molecular complexity index is 628. The summed E-state index contributed by atoms with van der Waals surface area (Å²) < 4.78 is 17.4. The van der Waals surface area contributed by atoms with E-state index in [2.05, 4.69) is 15.0 Å². The zero-order valence-electron chi connectivity index (χ0n) is 14.9. The Kier molecular flexibility index (Phi) is 7.37. The van der Waals surface area contributed by atoms with Crippen molar-refractivity contribution in [1.29, 1.82) is 0 Å². The molecule has 1 aliphatic rings. The van der Waals surface area contributed by atoms with Gasteiger partial charge in [0.25, 0.3) is 0 Å². The summed E-state index contributed by atoms with van der Waals surface area (Å²) in [7, 11) is 1.27. The minimum Gasteiger partial charge on any atom is -0.469 e. The summed E-state index contributed by atoms with van der Waals surface area (Å²) in [6.07, 6.45) is 0.305. The highest BCUT2D eigenvalue weighted by Crippen LogP contribution is 2.17. The van der Waals surface area contributed by atoms with E-state index in [0.717, 1.165) is 5.69 Å². The Hall–Kier alpha value is -2.64. The maximum absolute atomic E-state index is 13.0. The molecule has 0 aromatic heterocycles. The zero-order valence-corrected chi connectivity index (χ0v) is 14.9. The monoisotopic (exact) mass is 365 g/mol. The molecule has 1 aliphatic heterocycles. The van der Waals surface area contributed by atoms with E-state index >= 15 is 0 Å². The molecule has 1 aromatic carbocycles.